The van der Waals surface area contributed by atoms with Crippen molar-refractivity contribution in [3.05, 3.63) is 58.7 Å². The second-order valence-electron chi connectivity index (χ2n) is 7.17. The van der Waals surface area contributed by atoms with E-state index in [1.54, 1.807) is 32.4 Å². The smallest absolute Gasteiger partial charge is 0.163 e. The van der Waals surface area contributed by atoms with Crippen LogP contribution in [0.4, 0.5) is 5.82 Å². The zero-order valence-electron chi connectivity index (χ0n) is 17.7. The first-order valence-corrected chi connectivity index (χ1v) is 9.78. The molecule has 0 atom stereocenters. The molecule has 0 unspecified atom stereocenters. The molecule has 3 rings (SSSR count). The Balaban J connectivity index is 1.66. The molecule has 6 nitrogen and oxygen atoms in total. The Labute approximate surface area is 176 Å². The summed E-state index contributed by atoms with van der Waals surface area (Å²) in [6.45, 7) is 4.58. The largest absolute Gasteiger partial charge is 0.493 e. The molecule has 3 aromatic rings. The van der Waals surface area contributed by atoms with Crippen LogP contribution in [0, 0.1) is 25.2 Å². The van der Waals surface area contributed by atoms with Crippen molar-refractivity contribution >= 4 is 22.5 Å². The van der Waals surface area contributed by atoms with E-state index in [4.69, 9.17) is 9.47 Å². The van der Waals surface area contributed by atoms with Crippen molar-refractivity contribution in [3.63, 3.8) is 0 Å². The molecule has 0 bridgehead atoms. The maximum Gasteiger partial charge on any atom is 0.163 e. The predicted molar refractivity (Wildman–Crippen MR) is 118 cm³/mol. The molecule has 0 fully saturated rings. The SMILES string of the molecule is COc1ccc(C(=O)CCCNc2nc3cc(C)cc(C)c3cc2C#N)cc1OC. The molecule has 0 radical (unpaired) electrons. The highest BCUT2D eigenvalue weighted by atomic mass is 16.5. The lowest BCUT2D eigenvalue weighted by atomic mass is 10.0. The average molecular weight is 403 g/mol. The van der Waals surface area contributed by atoms with Gasteiger partial charge in [-0.2, -0.15) is 5.26 Å². The molecule has 0 aliphatic carbocycles. The summed E-state index contributed by atoms with van der Waals surface area (Å²) < 4.78 is 10.5. The summed E-state index contributed by atoms with van der Waals surface area (Å²) in [6.07, 6.45) is 0.987. The van der Waals surface area contributed by atoms with Gasteiger partial charge in [-0.05, 0) is 61.7 Å². The number of nitriles is 1. The van der Waals surface area contributed by atoms with Gasteiger partial charge in [-0.3, -0.25) is 4.79 Å². The zero-order chi connectivity index (χ0) is 21.7. The Morgan fingerprint density at radius 3 is 2.57 bits per heavy atom. The van der Waals surface area contributed by atoms with Crippen LogP contribution < -0.4 is 14.8 Å². The number of anilines is 1. The number of benzene rings is 2. The van der Waals surface area contributed by atoms with Crippen molar-refractivity contribution in [3.8, 4) is 17.6 Å². The number of rotatable bonds is 8. The highest BCUT2D eigenvalue weighted by Crippen LogP contribution is 2.28. The Morgan fingerprint density at radius 2 is 1.87 bits per heavy atom. The quantitative estimate of drug-likeness (QED) is 0.429. The van der Waals surface area contributed by atoms with Crippen LogP contribution in [0.15, 0.2) is 36.4 Å². The Morgan fingerprint density at radius 1 is 1.10 bits per heavy atom. The van der Waals surface area contributed by atoms with Crippen molar-refractivity contribution in [2.45, 2.75) is 26.7 Å². The maximum atomic E-state index is 12.5. The lowest BCUT2D eigenvalue weighted by Gasteiger charge is -2.11. The predicted octanol–water partition coefficient (Wildman–Crippen LogP) is 4.82. The number of ether oxygens (including phenoxy) is 2. The van der Waals surface area contributed by atoms with Gasteiger partial charge in [-0.1, -0.05) is 6.07 Å². The first-order valence-electron chi connectivity index (χ1n) is 9.78. The molecule has 0 aliphatic heterocycles. The van der Waals surface area contributed by atoms with Gasteiger partial charge in [0.2, 0.25) is 0 Å². The van der Waals surface area contributed by atoms with Crippen molar-refractivity contribution in [2.24, 2.45) is 0 Å². The lowest BCUT2D eigenvalue weighted by Crippen LogP contribution is -2.08. The lowest BCUT2D eigenvalue weighted by molar-refractivity contribution is 0.0980. The van der Waals surface area contributed by atoms with Crippen LogP contribution in [0.3, 0.4) is 0 Å². The van der Waals surface area contributed by atoms with Crippen LogP contribution in [0.2, 0.25) is 0 Å². The molecule has 0 saturated heterocycles. The highest BCUT2D eigenvalue weighted by molar-refractivity contribution is 5.96. The molecule has 154 valence electrons. The van der Waals surface area contributed by atoms with Crippen LogP contribution in [0.1, 0.15) is 39.9 Å². The number of fused-ring (bicyclic) bond motifs is 1. The van der Waals surface area contributed by atoms with Crippen molar-refractivity contribution < 1.29 is 14.3 Å². The fourth-order valence-electron chi connectivity index (χ4n) is 3.46. The molecule has 0 amide bonds. The highest BCUT2D eigenvalue weighted by Gasteiger charge is 2.12. The standard InChI is InChI=1S/C24H25N3O3/c1-15-10-16(2)19-12-18(14-25)24(27-20(19)11-15)26-9-5-6-21(28)17-7-8-22(29-3)23(13-17)30-4/h7-8,10-13H,5-6,9H2,1-4H3,(H,26,27). The van der Waals surface area contributed by atoms with Gasteiger partial charge in [0.1, 0.15) is 11.9 Å². The van der Waals surface area contributed by atoms with Crippen molar-refractivity contribution in [2.75, 3.05) is 26.1 Å². The number of aryl methyl sites for hydroxylation is 2. The number of pyridine rings is 1. The molecule has 0 aliphatic rings. The zero-order valence-corrected chi connectivity index (χ0v) is 17.7. The number of nitrogens with one attached hydrogen (secondary N) is 1. The number of carbonyl (C=O) groups excluding carboxylic acids is 1. The Hall–Kier alpha value is -3.59. The summed E-state index contributed by atoms with van der Waals surface area (Å²) >= 11 is 0. The summed E-state index contributed by atoms with van der Waals surface area (Å²) in [4.78, 5) is 17.1. The summed E-state index contributed by atoms with van der Waals surface area (Å²) in [7, 11) is 3.10. The molecule has 6 heteroatoms. The average Bonchev–Trinajstić information content (AvgIpc) is 2.75. The van der Waals surface area contributed by atoms with E-state index < -0.39 is 0 Å². The fraction of sp³-hybridized carbons (Fsp3) is 0.292. The van der Waals surface area contributed by atoms with E-state index >= 15 is 0 Å². The summed E-state index contributed by atoms with van der Waals surface area (Å²) in [5, 5.41) is 13.7. The van der Waals surface area contributed by atoms with Gasteiger partial charge >= 0.3 is 0 Å². The van der Waals surface area contributed by atoms with E-state index in [0.717, 1.165) is 22.0 Å². The molecule has 0 spiro atoms. The molecule has 2 aromatic carbocycles. The first kappa shape index (κ1) is 21.1. The first-order chi connectivity index (χ1) is 14.5. The van der Waals surface area contributed by atoms with Crippen molar-refractivity contribution in [1.82, 2.24) is 4.98 Å². The molecular formula is C24H25N3O3. The number of methoxy groups -OCH3 is 2. The van der Waals surface area contributed by atoms with Gasteiger partial charge in [-0.25, -0.2) is 4.98 Å². The topological polar surface area (TPSA) is 84.2 Å². The summed E-state index contributed by atoms with van der Waals surface area (Å²) in [6, 6.07) is 13.3. The van der Waals surface area contributed by atoms with E-state index in [1.165, 1.54) is 0 Å². The minimum Gasteiger partial charge on any atom is -0.493 e. The number of ketones is 1. The van der Waals surface area contributed by atoms with Crippen molar-refractivity contribution in [1.29, 1.82) is 5.26 Å². The van der Waals surface area contributed by atoms with Gasteiger partial charge in [0.25, 0.3) is 0 Å². The van der Waals surface area contributed by atoms with Gasteiger partial charge < -0.3 is 14.8 Å². The van der Waals surface area contributed by atoms with Gasteiger partial charge in [0.15, 0.2) is 17.3 Å². The van der Waals surface area contributed by atoms with Gasteiger partial charge in [0.05, 0.1) is 25.3 Å². The molecular weight excluding hydrogens is 378 g/mol. The fourth-order valence-corrected chi connectivity index (χ4v) is 3.46. The van der Waals surface area contributed by atoms with Crippen LogP contribution in [0.5, 0.6) is 11.5 Å². The van der Waals surface area contributed by atoms with E-state index in [-0.39, 0.29) is 5.78 Å². The van der Waals surface area contributed by atoms with Crippen LogP contribution >= 0.6 is 0 Å². The second kappa shape index (κ2) is 9.27. The minimum atomic E-state index is 0.0241. The summed E-state index contributed by atoms with van der Waals surface area (Å²) in [5.74, 6) is 1.70. The number of Topliss-reactive ketones (excluding diaryl/α,β-unsaturated/α-hetero) is 1. The van der Waals surface area contributed by atoms with E-state index in [1.807, 2.05) is 26.0 Å². The van der Waals surface area contributed by atoms with E-state index in [0.29, 0.717) is 47.8 Å². The Bertz CT molecular complexity index is 1130. The monoisotopic (exact) mass is 403 g/mol. The molecule has 0 saturated carbocycles. The third kappa shape index (κ3) is 4.52. The van der Waals surface area contributed by atoms with Crippen LogP contribution in [0.25, 0.3) is 10.9 Å². The molecule has 30 heavy (non-hydrogen) atoms. The molecule has 1 heterocycles. The van der Waals surface area contributed by atoms with E-state index in [2.05, 4.69) is 22.4 Å². The third-order valence-corrected chi connectivity index (χ3v) is 4.98. The molecule has 1 N–H and O–H groups in total. The number of hydrogen-bond donors (Lipinski definition) is 1. The Kier molecular flexibility index (Phi) is 6.53. The second-order valence-corrected chi connectivity index (χ2v) is 7.17. The molecule has 1 aromatic heterocycles. The minimum absolute atomic E-state index is 0.0241. The number of aromatic nitrogens is 1. The summed E-state index contributed by atoms with van der Waals surface area (Å²) in [5.41, 5.74) is 4.17. The van der Waals surface area contributed by atoms with Crippen LogP contribution in [-0.4, -0.2) is 31.5 Å². The number of hydrogen-bond acceptors (Lipinski definition) is 6. The van der Waals surface area contributed by atoms with Crippen LogP contribution in [-0.2, 0) is 0 Å². The number of carbonyl (C=O) groups is 1. The number of nitrogens with zero attached hydrogens (tertiary/aromatic N) is 2. The third-order valence-electron chi connectivity index (χ3n) is 4.98. The van der Waals surface area contributed by atoms with Gasteiger partial charge in [-0.15, -0.1) is 0 Å². The maximum absolute atomic E-state index is 12.5. The van der Waals surface area contributed by atoms with Gasteiger partial charge in [0, 0.05) is 23.9 Å². The van der Waals surface area contributed by atoms with E-state index in [9.17, 15) is 10.1 Å². The normalized spacial score (nSPS) is 10.5.